The molecule has 0 amide bonds. The molecule has 0 aliphatic carbocycles. The molecule has 0 unspecified atom stereocenters. The predicted octanol–water partition coefficient (Wildman–Crippen LogP) is 0.151. The highest BCUT2D eigenvalue weighted by atomic mass is 16.4. The van der Waals surface area contributed by atoms with Crippen molar-refractivity contribution in [2.75, 3.05) is 20.6 Å². The molecule has 0 aromatic carbocycles. The zero-order valence-corrected chi connectivity index (χ0v) is 9.40. The van der Waals surface area contributed by atoms with Crippen molar-refractivity contribution in [3.8, 4) is 0 Å². The Morgan fingerprint density at radius 3 is 2.80 bits per heavy atom. The fraction of sp³-hybridized carbons (Fsp3) is 0.600. The van der Waals surface area contributed by atoms with E-state index in [4.69, 9.17) is 5.11 Å². The van der Waals surface area contributed by atoms with Gasteiger partial charge in [-0.2, -0.15) is 0 Å². The van der Waals surface area contributed by atoms with E-state index in [0.29, 0.717) is 0 Å². The zero-order valence-electron chi connectivity index (χ0n) is 9.40. The average molecular weight is 211 g/mol. The van der Waals surface area contributed by atoms with Crippen LogP contribution in [-0.2, 0) is 24.7 Å². The van der Waals surface area contributed by atoms with Gasteiger partial charge in [0.2, 0.25) is 0 Å². The lowest BCUT2D eigenvalue weighted by atomic mass is 10.3. The Morgan fingerprint density at radius 1 is 1.60 bits per heavy atom. The molecule has 1 aromatic heterocycles. The quantitative estimate of drug-likeness (QED) is 0.753. The molecule has 0 spiro atoms. The summed E-state index contributed by atoms with van der Waals surface area (Å²) in [6, 6.07) is 0. The molecule has 0 saturated carbocycles. The summed E-state index contributed by atoms with van der Waals surface area (Å²) in [5, 5.41) is 8.67. The molecular formula is C10H17N3O2. The molecule has 15 heavy (non-hydrogen) atoms. The van der Waals surface area contributed by atoms with Crippen molar-refractivity contribution < 1.29 is 9.90 Å². The Hall–Kier alpha value is -1.36. The van der Waals surface area contributed by atoms with Crippen molar-refractivity contribution >= 4 is 5.97 Å². The fourth-order valence-electron chi connectivity index (χ4n) is 1.36. The van der Waals surface area contributed by atoms with Crippen molar-refractivity contribution in [3.05, 3.63) is 17.7 Å². The maximum Gasteiger partial charge on any atom is 0.309 e. The van der Waals surface area contributed by atoms with Gasteiger partial charge >= 0.3 is 5.97 Å². The van der Waals surface area contributed by atoms with Crippen molar-refractivity contribution in [1.82, 2.24) is 14.5 Å². The summed E-state index contributed by atoms with van der Waals surface area (Å²) in [6.45, 7) is 0.914. The summed E-state index contributed by atoms with van der Waals surface area (Å²) in [6.07, 6.45) is 2.51. The highest BCUT2D eigenvalue weighted by Crippen LogP contribution is 2.05. The van der Waals surface area contributed by atoms with Gasteiger partial charge in [-0.3, -0.25) is 4.79 Å². The van der Waals surface area contributed by atoms with Crippen LogP contribution in [-0.4, -0.2) is 46.2 Å². The number of hydrogen-bond acceptors (Lipinski definition) is 3. The van der Waals surface area contributed by atoms with E-state index in [1.54, 1.807) is 6.20 Å². The van der Waals surface area contributed by atoms with Gasteiger partial charge < -0.3 is 14.6 Å². The van der Waals surface area contributed by atoms with Crippen LogP contribution >= 0.6 is 0 Å². The number of aliphatic carboxylic acids is 1. The average Bonchev–Trinajstić information content (AvgIpc) is 2.44. The van der Waals surface area contributed by atoms with E-state index in [9.17, 15) is 4.79 Å². The minimum absolute atomic E-state index is 0.0332. The van der Waals surface area contributed by atoms with E-state index in [-0.39, 0.29) is 6.42 Å². The molecule has 0 aliphatic rings. The van der Waals surface area contributed by atoms with Crippen LogP contribution in [0.25, 0.3) is 0 Å². The number of likely N-dealkylation sites (N-methyl/N-ethyl adjacent to an activating group) is 1. The number of carboxylic acid groups (broad SMARTS) is 1. The van der Waals surface area contributed by atoms with Crippen LogP contribution in [0.3, 0.4) is 0 Å². The van der Waals surface area contributed by atoms with Crippen LogP contribution in [0.4, 0.5) is 0 Å². The lowest BCUT2D eigenvalue weighted by Gasteiger charge is -2.09. The molecule has 1 aromatic rings. The Balaban J connectivity index is 2.66. The van der Waals surface area contributed by atoms with Gasteiger partial charge in [-0.25, -0.2) is 4.98 Å². The van der Waals surface area contributed by atoms with E-state index < -0.39 is 5.97 Å². The number of aromatic nitrogens is 2. The third kappa shape index (κ3) is 3.36. The van der Waals surface area contributed by atoms with Crippen molar-refractivity contribution in [3.63, 3.8) is 0 Å². The van der Waals surface area contributed by atoms with Crippen LogP contribution < -0.4 is 0 Å². The molecule has 0 atom stereocenters. The van der Waals surface area contributed by atoms with Crippen molar-refractivity contribution in [1.29, 1.82) is 0 Å². The Bertz CT molecular complexity index is 344. The Kier molecular flexibility index (Phi) is 3.85. The third-order valence-electron chi connectivity index (χ3n) is 2.30. The molecule has 1 heterocycles. The largest absolute Gasteiger partial charge is 0.481 e. The van der Waals surface area contributed by atoms with Gasteiger partial charge in [-0.1, -0.05) is 0 Å². The first-order valence-electron chi connectivity index (χ1n) is 4.86. The van der Waals surface area contributed by atoms with Gasteiger partial charge in [-0.15, -0.1) is 0 Å². The molecule has 5 nitrogen and oxygen atoms in total. The van der Waals surface area contributed by atoms with Crippen LogP contribution in [0.2, 0.25) is 0 Å². The summed E-state index contributed by atoms with van der Waals surface area (Å²) >= 11 is 0. The maximum atomic E-state index is 10.5. The highest BCUT2D eigenvalue weighted by molar-refractivity contribution is 5.69. The first-order valence-corrected chi connectivity index (χ1v) is 4.86. The lowest BCUT2D eigenvalue weighted by molar-refractivity contribution is -0.136. The third-order valence-corrected chi connectivity index (χ3v) is 2.30. The van der Waals surface area contributed by atoms with Gasteiger partial charge in [0.1, 0.15) is 5.82 Å². The highest BCUT2D eigenvalue weighted by Gasteiger charge is 2.09. The summed E-state index contributed by atoms with van der Waals surface area (Å²) in [5.41, 5.74) is 0.747. The van der Waals surface area contributed by atoms with Crippen LogP contribution in [0, 0.1) is 0 Å². The van der Waals surface area contributed by atoms with E-state index in [1.165, 1.54) is 0 Å². The van der Waals surface area contributed by atoms with Gasteiger partial charge in [-0.05, 0) is 14.1 Å². The molecule has 0 aliphatic heterocycles. The normalized spacial score (nSPS) is 10.9. The number of carboxylic acids is 1. The number of hydrogen-bond donors (Lipinski definition) is 1. The van der Waals surface area contributed by atoms with E-state index >= 15 is 0 Å². The predicted molar refractivity (Wildman–Crippen MR) is 56.8 cm³/mol. The van der Waals surface area contributed by atoms with Gasteiger partial charge in [0, 0.05) is 31.9 Å². The van der Waals surface area contributed by atoms with E-state index in [1.807, 2.05) is 25.7 Å². The molecule has 84 valence electrons. The monoisotopic (exact) mass is 211 g/mol. The van der Waals surface area contributed by atoms with Crippen molar-refractivity contribution in [2.24, 2.45) is 7.05 Å². The minimum atomic E-state index is -0.822. The molecule has 0 bridgehead atoms. The summed E-state index contributed by atoms with van der Waals surface area (Å²) in [5.74, 6) is 0.108. The van der Waals surface area contributed by atoms with E-state index in [2.05, 4.69) is 9.88 Å². The minimum Gasteiger partial charge on any atom is -0.481 e. The molecule has 0 fully saturated rings. The summed E-state index contributed by atoms with van der Waals surface area (Å²) in [4.78, 5) is 16.8. The number of imidazole rings is 1. The SMILES string of the molecule is CN(C)CCc1ncc(CC(=O)O)n1C. The number of carbonyl (C=O) groups is 1. The van der Waals surface area contributed by atoms with Crippen LogP contribution in [0.15, 0.2) is 6.20 Å². The zero-order chi connectivity index (χ0) is 11.4. The maximum absolute atomic E-state index is 10.5. The fourth-order valence-corrected chi connectivity index (χ4v) is 1.36. The molecule has 5 heteroatoms. The van der Waals surface area contributed by atoms with Gasteiger partial charge in [0.25, 0.3) is 0 Å². The Labute approximate surface area is 89.3 Å². The molecule has 0 radical (unpaired) electrons. The topological polar surface area (TPSA) is 58.4 Å². The molecule has 0 saturated heterocycles. The first-order chi connectivity index (χ1) is 7.00. The molecule has 1 rings (SSSR count). The van der Waals surface area contributed by atoms with Gasteiger partial charge in [0.15, 0.2) is 0 Å². The second-order valence-corrected chi connectivity index (χ2v) is 3.85. The van der Waals surface area contributed by atoms with Crippen LogP contribution in [0.5, 0.6) is 0 Å². The molecular weight excluding hydrogens is 194 g/mol. The van der Waals surface area contributed by atoms with Crippen LogP contribution in [0.1, 0.15) is 11.5 Å². The summed E-state index contributed by atoms with van der Waals surface area (Å²) < 4.78 is 1.86. The Morgan fingerprint density at radius 2 is 2.27 bits per heavy atom. The first kappa shape index (κ1) is 11.7. The molecule has 1 N–H and O–H groups in total. The standard InChI is InChI=1S/C10H17N3O2/c1-12(2)5-4-9-11-7-8(13(9)3)6-10(14)15/h7H,4-6H2,1-3H3,(H,14,15). The second-order valence-electron chi connectivity index (χ2n) is 3.85. The van der Waals surface area contributed by atoms with Crippen molar-refractivity contribution in [2.45, 2.75) is 12.8 Å². The smallest absolute Gasteiger partial charge is 0.309 e. The lowest BCUT2D eigenvalue weighted by Crippen LogP contribution is -2.17. The van der Waals surface area contributed by atoms with Gasteiger partial charge in [0.05, 0.1) is 6.42 Å². The number of nitrogens with zero attached hydrogens (tertiary/aromatic N) is 3. The number of rotatable bonds is 5. The summed E-state index contributed by atoms with van der Waals surface area (Å²) in [7, 11) is 5.86. The second kappa shape index (κ2) is 4.93. The van der Waals surface area contributed by atoms with E-state index in [0.717, 1.165) is 24.5 Å².